The van der Waals surface area contributed by atoms with E-state index in [4.69, 9.17) is 10.8 Å². The molecule has 268 valence electrons. The van der Waals surface area contributed by atoms with Gasteiger partial charge >= 0.3 is 17.9 Å². The van der Waals surface area contributed by atoms with E-state index in [9.17, 15) is 48.6 Å². The molecule has 0 radical (unpaired) electrons. The third-order valence-electron chi connectivity index (χ3n) is 6.64. The first-order valence-corrected chi connectivity index (χ1v) is 15.9. The van der Waals surface area contributed by atoms with Crippen molar-refractivity contribution in [1.82, 2.24) is 46.5 Å². The average Bonchev–Trinajstić information content (AvgIpc) is 3.75. The number of nitrogens with one attached hydrogen (secondary N) is 7. The first-order valence-electron chi connectivity index (χ1n) is 14.5. The summed E-state index contributed by atoms with van der Waals surface area (Å²) in [6.07, 6.45) is 5.24. The number of carboxylic acids is 3. The van der Waals surface area contributed by atoms with Gasteiger partial charge in [0.15, 0.2) is 0 Å². The molecule has 0 spiro atoms. The van der Waals surface area contributed by atoms with Gasteiger partial charge < -0.3 is 57.6 Å². The molecule has 49 heavy (non-hydrogen) atoms. The van der Waals surface area contributed by atoms with Crippen molar-refractivity contribution in [3.63, 3.8) is 0 Å². The Morgan fingerprint density at radius 3 is 1.69 bits per heavy atom. The Bertz CT molecular complexity index is 1460. The van der Waals surface area contributed by atoms with Crippen LogP contribution in [-0.4, -0.2) is 131 Å². The van der Waals surface area contributed by atoms with Gasteiger partial charge in [-0.15, -0.1) is 0 Å². The molecule has 0 bridgehead atoms. The highest BCUT2D eigenvalue weighted by Gasteiger charge is 2.32. The number of rotatable bonds is 22. The monoisotopic (exact) mass is 710 g/mol. The van der Waals surface area contributed by atoms with Crippen LogP contribution < -0.4 is 32.3 Å². The number of nitrogens with two attached hydrogens (primary N) is 1. The molecule has 2 aromatic rings. The molecule has 2 rings (SSSR count). The van der Waals surface area contributed by atoms with E-state index in [-0.39, 0.29) is 12.8 Å². The molecule has 12 N–H and O–H groups in total. The van der Waals surface area contributed by atoms with Crippen LogP contribution in [0.2, 0.25) is 0 Å². The first-order chi connectivity index (χ1) is 23.2. The Balaban J connectivity index is 2.13. The lowest BCUT2D eigenvalue weighted by Crippen LogP contribution is -2.58. The normalized spacial score (nSPS) is 13.8. The summed E-state index contributed by atoms with van der Waals surface area (Å²) in [6, 6.07) is -7.27. The molecular formula is C27H38N10O11S. The highest BCUT2D eigenvalue weighted by atomic mass is 32.2. The molecule has 0 aliphatic rings. The second-order valence-corrected chi connectivity index (χ2v) is 11.5. The molecule has 0 aromatic carbocycles. The predicted octanol–water partition coefficient (Wildman–Crippen LogP) is -3.91. The SMILES string of the molecule is CSCC[C@H](N)C(=O)N[C@@H](Cc1cnc[nH]1)C(=O)N[C@@H](CC(=O)O)C(=O)NCC(=O)N[C@@H](Cc1cnc[nH]1)C(=O)N[C@@H](CC(=O)O)C(=O)O. The Labute approximate surface area is 282 Å². The molecule has 0 aliphatic heterocycles. The van der Waals surface area contributed by atoms with Crippen LogP contribution in [0.25, 0.3) is 0 Å². The lowest BCUT2D eigenvalue weighted by molar-refractivity contribution is -0.147. The van der Waals surface area contributed by atoms with Crippen LogP contribution in [0.15, 0.2) is 25.0 Å². The van der Waals surface area contributed by atoms with E-state index in [1.807, 2.05) is 11.6 Å². The van der Waals surface area contributed by atoms with E-state index in [1.165, 1.54) is 36.8 Å². The molecule has 5 atom stereocenters. The molecule has 0 fully saturated rings. The summed E-state index contributed by atoms with van der Waals surface area (Å²) < 4.78 is 0. The van der Waals surface area contributed by atoms with Gasteiger partial charge in [-0.3, -0.25) is 33.6 Å². The summed E-state index contributed by atoms with van der Waals surface area (Å²) in [5, 5.41) is 38.9. The second kappa shape index (κ2) is 20.0. The predicted molar refractivity (Wildman–Crippen MR) is 168 cm³/mol. The van der Waals surface area contributed by atoms with Crippen LogP contribution in [-0.2, 0) is 51.2 Å². The summed E-state index contributed by atoms with van der Waals surface area (Å²) in [5.74, 6) is -8.78. The number of H-pyrrole nitrogens is 2. The quantitative estimate of drug-likeness (QED) is 0.0556. The minimum absolute atomic E-state index is 0.119. The molecule has 0 saturated heterocycles. The largest absolute Gasteiger partial charge is 0.481 e. The van der Waals surface area contributed by atoms with Gasteiger partial charge in [-0.1, -0.05) is 0 Å². The Morgan fingerprint density at radius 1 is 0.735 bits per heavy atom. The molecule has 2 heterocycles. The van der Waals surface area contributed by atoms with Crippen molar-refractivity contribution in [3.05, 3.63) is 36.4 Å². The van der Waals surface area contributed by atoms with E-state index in [2.05, 4.69) is 41.2 Å². The lowest BCUT2D eigenvalue weighted by atomic mass is 10.1. The highest BCUT2D eigenvalue weighted by molar-refractivity contribution is 7.98. The zero-order valence-corrected chi connectivity index (χ0v) is 27.0. The van der Waals surface area contributed by atoms with Gasteiger partial charge in [-0.2, -0.15) is 11.8 Å². The topological polar surface area (TPSA) is 341 Å². The van der Waals surface area contributed by atoms with Crippen LogP contribution in [0.4, 0.5) is 0 Å². The van der Waals surface area contributed by atoms with Crippen molar-refractivity contribution < 1.29 is 53.7 Å². The number of hydrogen-bond acceptors (Lipinski definition) is 12. The molecule has 2 aromatic heterocycles. The number of nitrogens with zero attached hydrogens (tertiary/aromatic N) is 2. The molecule has 0 unspecified atom stereocenters. The standard InChI is InChI=1S/C27H38N10O11S/c1-49-3-2-15(28)23(43)35-17(5-14-9-30-12-33-14)26(46)36-18(6-21(39)40)24(44)31-10-20(38)34-16(4-13-8-29-11-32-13)25(45)37-19(27(47)48)7-22(41)42/h8-9,11-12,15-19H,2-7,10,28H2,1H3,(H,29,32)(H,30,33)(H,31,44)(H,34,38)(H,35,43)(H,36,46)(H,37,45)(H,39,40)(H,41,42)(H,47,48)/t15-,16-,17-,18-,19-/m0/s1. The van der Waals surface area contributed by atoms with Crippen LogP contribution in [0.5, 0.6) is 0 Å². The van der Waals surface area contributed by atoms with Gasteiger partial charge in [-0.05, 0) is 18.4 Å². The third kappa shape index (κ3) is 14.4. The fourth-order valence-electron chi connectivity index (χ4n) is 4.14. The van der Waals surface area contributed by atoms with E-state index in [1.54, 1.807) is 0 Å². The van der Waals surface area contributed by atoms with E-state index < -0.39 is 97.0 Å². The smallest absolute Gasteiger partial charge is 0.326 e. The van der Waals surface area contributed by atoms with E-state index in [0.717, 1.165) is 0 Å². The zero-order chi connectivity index (χ0) is 36.5. The minimum atomic E-state index is -1.82. The molecule has 21 nitrogen and oxygen atoms in total. The lowest BCUT2D eigenvalue weighted by Gasteiger charge is -2.23. The number of aliphatic carboxylic acids is 3. The molecular weight excluding hydrogens is 672 g/mol. The Kier molecular flexibility index (Phi) is 16.2. The van der Waals surface area contributed by atoms with Gasteiger partial charge in [0, 0.05) is 36.6 Å². The number of hydrogen-bond donors (Lipinski definition) is 11. The highest BCUT2D eigenvalue weighted by Crippen LogP contribution is 2.05. The van der Waals surface area contributed by atoms with Gasteiger partial charge in [0.25, 0.3) is 0 Å². The van der Waals surface area contributed by atoms with Crippen molar-refractivity contribution in [3.8, 4) is 0 Å². The fraction of sp³-hybridized carbons (Fsp3) is 0.481. The van der Waals surface area contributed by atoms with Gasteiger partial charge in [0.2, 0.25) is 29.5 Å². The third-order valence-corrected chi connectivity index (χ3v) is 7.28. The number of carbonyl (C=O) groups is 8. The second-order valence-electron chi connectivity index (χ2n) is 10.5. The number of thioether (sulfide) groups is 1. The summed E-state index contributed by atoms with van der Waals surface area (Å²) in [5.41, 5.74) is 6.68. The van der Waals surface area contributed by atoms with E-state index in [0.29, 0.717) is 23.6 Å². The van der Waals surface area contributed by atoms with Crippen molar-refractivity contribution in [2.45, 2.75) is 62.3 Å². The van der Waals surface area contributed by atoms with Crippen molar-refractivity contribution in [2.24, 2.45) is 5.73 Å². The number of aromatic amines is 2. The number of imidazole rings is 2. The molecule has 5 amide bonds. The maximum atomic E-state index is 13.3. The number of carbonyl (C=O) groups excluding carboxylic acids is 5. The van der Waals surface area contributed by atoms with Crippen molar-refractivity contribution >= 4 is 59.2 Å². The van der Waals surface area contributed by atoms with Crippen LogP contribution in [0, 0.1) is 0 Å². The zero-order valence-electron chi connectivity index (χ0n) is 26.1. The van der Waals surface area contributed by atoms with E-state index >= 15 is 0 Å². The summed E-state index contributed by atoms with van der Waals surface area (Å²) in [4.78, 5) is 112. The Hall–Kier alpha value is -5.51. The van der Waals surface area contributed by atoms with Gasteiger partial charge in [0.1, 0.15) is 24.2 Å². The summed E-state index contributed by atoms with van der Waals surface area (Å²) >= 11 is 1.46. The minimum Gasteiger partial charge on any atom is -0.481 e. The maximum Gasteiger partial charge on any atom is 0.326 e. The molecule has 0 aliphatic carbocycles. The van der Waals surface area contributed by atoms with Gasteiger partial charge in [0.05, 0.1) is 38.1 Å². The summed E-state index contributed by atoms with van der Waals surface area (Å²) in [6.45, 7) is -0.826. The van der Waals surface area contributed by atoms with Crippen molar-refractivity contribution in [2.75, 3.05) is 18.6 Å². The Morgan fingerprint density at radius 2 is 1.22 bits per heavy atom. The maximum absolute atomic E-state index is 13.3. The average molecular weight is 711 g/mol. The van der Waals surface area contributed by atoms with Crippen molar-refractivity contribution in [1.29, 1.82) is 0 Å². The first kappa shape index (κ1) is 39.7. The van der Waals surface area contributed by atoms with Crippen LogP contribution in [0.1, 0.15) is 30.7 Å². The fourth-order valence-corrected chi connectivity index (χ4v) is 4.63. The number of aromatic nitrogens is 4. The van der Waals surface area contributed by atoms with Gasteiger partial charge in [-0.25, -0.2) is 14.8 Å². The van der Waals surface area contributed by atoms with Crippen LogP contribution >= 0.6 is 11.8 Å². The number of amides is 5. The molecule has 0 saturated carbocycles. The molecule has 22 heteroatoms. The summed E-state index contributed by atoms with van der Waals surface area (Å²) in [7, 11) is 0. The number of carboxylic acid groups (broad SMARTS) is 3. The van der Waals surface area contributed by atoms with Crippen LogP contribution in [0.3, 0.4) is 0 Å².